The van der Waals surface area contributed by atoms with Gasteiger partial charge in [0.15, 0.2) is 5.78 Å². The highest BCUT2D eigenvalue weighted by Gasteiger charge is 2.18. The lowest BCUT2D eigenvalue weighted by Crippen LogP contribution is -2.37. The Morgan fingerprint density at radius 2 is 1.64 bits per heavy atom. The van der Waals surface area contributed by atoms with E-state index in [9.17, 15) is 4.79 Å². The SMILES string of the molecule is CCN(CC)C(CNCC(=O)c1ccc(Cl)cc1)c1ccc(C)cc1. The summed E-state index contributed by atoms with van der Waals surface area (Å²) < 4.78 is 0. The maximum atomic E-state index is 12.3. The molecule has 0 radical (unpaired) electrons. The van der Waals surface area contributed by atoms with Crippen molar-refractivity contribution < 1.29 is 4.79 Å². The molecule has 0 fully saturated rings. The second-order valence-electron chi connectivity index (χ2n) is 6.21. The lowest BCUT2D eigenvalue weighted by atomic mass is 10.0. The second kappa shape index (κ2) is 9.71. The van der Waals surface area contributed by atoms with Crippen LogP contribution in [0.5, 0.6) is 0 Å². The molecule has 2 rings (SSSR count). The van der Waals surface area contributed by atoms with Gasteiger partial charge in [-0.15, -0.1) is 0 Å². The van der Waals surface area contributed by atoms with E-state index in [1.165, 1.54) is 11.1 Å². The average molecular weight is 359 g/mol. The summed E-state index contributed by atoms with van der Waals surface area (Å²) in [4.78, 5) is 14.7. The van der Waals surface area contributed by atoms with Crippen LogP contribution < -0.4 is 5.32 Å². The standard InChI is InChI=1S/C21H27ClN2O/c1-4-24(5-2)20(17-8-6-16(3)7-9-17)14-23-15-21(25)18-10-12-19(22)13-11-18/h6-13,20,23H,4-5,14-15H2,1-3H3. The second-order valence-corrected chi connectivity index (χ2v) is 6.65. The molecule has 0 aliphatic heterocycles. The predicted molar refractivity (Wildman–Crippen MR) is 105 cm³/mol. The molecule has 0 aliphatic carbocycles. The molecule has 134 valence electrons. The average Bonchev–Trinajstić information content (AvgIpc) is 2.62. The van der Waals surface area contributed by atoms with Crippen molar-refractivity contribution in [3.05, 3.63) is 70.2 Å². The van der Waals surface area contributed by atoms with E-state index in [0.29, 0.717) is 17.1 Å². The van der Waals surface area contributed by atoms with E-state index in [2.05, 4.69) is 55.3 Å². The first-order chi connectivity index (χ1) is 12.0. The zero-order valence-corrected chi connectivity index (χ0v) is 16.0. The van der Waals surface area contributed by atoms with Crippen molar-refractivity contribution in [2.24, 2.45) is 0 Å². The minimum absolute atomic E-state index is 0.0823. The summed E-state index contributed by atoms with van der Waals surface area (Å²) in [5.74, 6) is 0.0823. The zero-order chi connectivity index (χ0) is 18.2. The molecule has 1 unspecified atom stereocenters. The molecular weight excluding hydrogens is 332 g/mol. The Morgan fingerprint density at radius 3 is 2.20 bits per heavy atom. The van der Waals surface area contributed by atoms with Crippen molar-refractivity contribution in [2.45, 2.75) is 26.8 Å². The number of nitrogens with one attached hydrogen (secondary N) is 1. The number of halogens is 1. The highest BCUT2D eigenvalue weighted by Crippen LogP contribution is 2.20. The van der Waals surface area contributed by atoms with Crippen LogP contribution in [0.25, 0.3) is 0 Å². The Balaban J connectivity index is 2.00. The van der Waals surface area contributed by atoms with E-state index in [4.69, 9.17) is 11.6 Å². The Morgan fingerprint density at radius 1 is 1.04 bits per heavy atom. The van der Waals surface area contributed by atoms with Gasteiger partial charge >= 0.3 is 0 Å². The van der Waals surface area contributed by atoms with Gasteiger partial charge in [-0.3, -0.25) is 9.69 Å². The molecule has 2 aromatic rings. The van der Waals surface area contributed by atoms with E-state index in [1.54, 1.807) is 24.3 Å². The van der Waals surface area contributed by atoms with E-state index in [1.807, 2.05) is 0 Å². The minimum Gasteiger partial charge on any atom is -0.308 e. The van der Waals surface area contributed by atoms with Gasteiger partial charge in [-0.25, -0.2) is 0 Å². The zero-order valence-electron chi connectivity index (χ0n) is 15.3. The number of carbonyl (C=O) groups is 1. The quantitative estimate of drug-likeness (QED) is 0.669. The van der Waals surface area contributed by atoms with Crippen LogP contribution in [0.2, 0.25) is 5.02 Å². The van der Waals surface area contributed by atoms with Crippen molar-refractivity contribution in [1.82, 2.24) is 10.2 Å². The third-order valence-electron chi connectivity index (χ3n) is 4.50. The molecule has 3 nitrogen and oxygen atoms in total. The molecule has 1 N–H and O–H groups in total. The third kappa shape index (κ3) is 5.67. The molecule has 0 spiro atoms. The molecule has 2 aromatic carbocycles. The van der Waals surface area contributed by atoms with Crippen LogP contribution >= 0.6 is 11.6 Å². The monoisotopic (exact) mass is 358 g/mol. The van der Waals surface area contributed by atoms with Crippen LogP contribution in [-0.2, 0) is 0 Å². The lowest BCUT2D eigenvalue weighted by molar-refractivity contribution is 0.0987. The number of rotatable bonds is 9. The van der Waals surface area contributed by atoms with E-state index < -0.39 is 0 Å². The van der Waals surface area contributed by atoms with Crippen molar-refractivity contribution in [2.75, 3.05) is 26.2 Å². The fraction of sp³-hybridized carbons (Fsp3) is 0.381. The molecule has 25 heavy (non-hydrogen) atoms. The van der Waals surface area contributed by atoms with Gasteiger partial charge in [0.1, 0.15) is 0 Å². The maximum absolute atomic E-state index is 12.3. The largest absolute Gasteiger partial charge is 0.308 e. The third-order valence-corrected chi connectivity index (χ3v) is 4.76. The van der Waals surface area contributed by atoms with Gasteiger partial charge in [-0.2, -0.15) is 0 Å². The van der Waals surface area contributed by atoms with Crippen LogP contribution in [0.15, 0.2) is 48.5 Å². The highest BCUT2D eigenvalue weighted by atomic mass is 35.5. The van der Waals surface area contributed by atoms with Crippen LogP contribution in [0.3, 0.4) is 0 Å². The Labute approximate surface area is 156 Å². The van der Waals surface area contributed by atoms with Gasteiger partial charge in [-0.1, -0.05) is 55.3 Å². The molecule has 0 aliphatic rings. The number of hydrogen-bond acceptors (Lipinski definition) is 3. The number of likely N-dealkylation sites (N-methyl/N-ethyl adjacent to an activating group) is 1. The minimum atomic E-state index is 0.0823. The number of nitrogens with zero attached hydrogens (tertiary/aromatic N) is 1. The van der Waals surface area contributed by atoms with Crippen molar-refractivity contribution >= 4 is 17.4 Å². The number of Topliss-reactive ketones (excluding diaryl/α,β-unsaturated/α-hetero) is 1. The molecule has 4 heteroatoms. The van der Waals surface area contributed by atoms with Crippen LogP contribution in [0.1, 0.15) is 41.4 Å². The molecule has 0 saturated carbocycles. The smallest absolute Gasteiger partial charge is 0.176 e. The van der Waals surface area contributed by atoms with Crippen LogP contribution in [0, 0.1) is 6.92 Å². The molecular formula is C21H27ClN2O. The Kier molecular flexibility index (Phi) is 7.63. The normalized spacial score (nSPS) is 12.4. The van der Waals surface area contributed by atoms with Crippen molar-refractivity contribution in [3.63, 3.8) is 0 Å². The van der Waals surface area contributed by atoms with Crippen LogP contribution in [-0.4, -0.2) is 36.9 Å². The summed E-state index contributed by atoms with van der Waals surface area (Å²) in [5, 5.41) is 3.98. The molecule has 1 atom stereocenters. The number of ketones is 1. The van der Waals surface area contributed by atoms with Gasteiger partial charge < -0.3 is 5.32 Å². The van der Waals surface area contributed by atoms with Crippen LogP contribution in [0.4, 0.5) is 0 Å². The van der Waals surface area contributed by atoms with Crippen molar-refractivity contribution in [1.29, 1.82) is 0 Å². The Hall–Kier alpha value is -1.68. The summed E-state index contributed by atoms with van der Waals surface area (Å²) in [7, 11) is 0. The molecule has 0 aromatic heterocycles. The molecule has 0 saturated heterocycles. The van der Waals surface area contributed by atoms with E-state index in [0.717, 1.165) is 19.6 Å². The first-order valence-corrected chi connectivity index (χ1v) is 9.23. The fourth-order valence-electron chi connectivity index (χ4n) is 2.97. The van der Waals surface area contributed by atoms with E-state index >= 15 is 0 Å². The fourth-order valence-corrected chi connectivity index (χ4v) is 3.10. The Bertz CT molecular complexity index is 663. The van der Waals surface area contributed by atoms with Gasteiger partial charge in [0.05, 0.1) is 6.54 Å². The number of aryl methyl sites for hydroxylation is 1. The summed E-state index contributed by atoms with van der Waals surface area (Å²) in [5.41, 5.74) is 3.22. The number of hydrogen-bond donors (Lipinski definition) is 1. The maximum Gasteiger partial charge on any atom is 0.176 e. The lowest BCUT2D eigenvalue weighted by Gasteiger charge is -2.30. The molecule has 0 bridgehead atoms. The summed E-state index contributed by atoms with van der Waals surface area (Å²) in [6.07, 6.45) is 0. The highest BCUT2D eigenvalue weighted by molar-refractivity contribution is 6.30. The van der Waals surface area contributed by atoms with Crippen molar-refractivity contribution in [3.8, 4) is 0 Å². The summed E-state index contributed by atoms with van der Waals surface area (Å²) in [6, 6.07) is 16.0. The summed E-state index contributed by atoms with van der Waals surface area (Å²) >= 11 is 5.88. The molecule has 0 heterocycles. The number of carbonyl (C=O) groups excluding carboxylic acids is 1. The topological polar surface area (TPSA) is 32.3 Å². The predicted octanol–water partition coefficient (Wildman–Crippen LogP) is 4.50. The molecule has 0 amide bonds. The van der Waals surface area contributed by atoms with Gasteiger partial charge in [-0.05, 0) is 49.8 Å². The first kappa shape index (κ1) is 19.6. The van der Waals surface area contributed by atoms with Gasteiger partial charge in [0.25, 0.3) is 0 Å². The first-order valence-electron chi connectivity index (χ1n) is 8.85. The van der Waals surface area contributed by atoms with Gasteiger partial charge in [0, 0.05) is 23.2 Å². The number of benzene rings is 2. The van der Waals surface area contributed by atoms with E-state index in [-0.39, 0.29) is 11.8 Å². The van der Waals surface area contributed by atoms with Gasteiger partial charge in [0.2, 0.25) is 0 Å². The summed E-state index contributed by atoms with van der Waals surface area (Å²) in [6.45, 7) is 9.45.